The maximum Gasteiger partial charge on any atom is 0.417 e. The second-order valence-corrected chi connectivity index (χ2v) is 7.06. The molecule has 3 aromatic rings. The normalized spacial score (nSPS) is 15.2. The number of nitrogens with zero attached hydrogens (tertiary/aromatic N) is 6. The highest BCUT2D eigenvalue weighted by molar-refractivity contribution is 6.33. The van der Waals surface area contributed by atoms with Crippen LogP contribution in [0.15, 0.2) is 30.7 Å². The fraction of sp³-hybridized carbons (Fsp3) is 0.333. The van der Waals surface area contributed by atoms with E-state index in [1.54, 1.807) is 39.7 Å². The summed E-state index contributed by atoms with van der Waals surface area (Å²) in [5.74, 6) is 0.0999. The number of anilines is 1. The molecule has 1 aliphatic heterocycles. The van der Waals surface area contributed by atoms with E-state index in [9.17, 15) is 18.0 Å². The van der Waals surface area contributed by atoms with Gasteiger partial charge in [-0.25, -0.2) is 14.5 Å². The molecule has 1 amide bonds. The van der Waals surface area contributed by atoms with Crippen LogP contribution in [0.4, 0.5) is 19.0 Å². The number of amides is 1. The second kappa shape index (κ2) is 7.18. The van der Waals surface area contributed by atoms with Gasteiger partial charge in [-0.05, 0) is 19.1 Å². The van der Waals surface area contributed by atoms with Gasteiger partial charge in [-0.2, -0.15) is 18.3 Å². The molecular weight excluding hydrogens is 409 g/mol. The molecule has 0 spiro atoms. The highest BCUT2D eigenvalue weighted by Gasteiger charge is 2.33. The maximum atomic E-state index is 13.0. The molecule has 0 N–H and O–H groups in total. The summed E-state index contributed by atoms with van der Waals surface area (Å²) >= 11 is 6.03. The summed E-state index contributed by atoms with van der Waals surface area (Å²) < 4.78 is 39.9. The van der Waals surface area contributed by atoms with Crippen LogP contribution in [0.1, 0.15) is 21.6 Å². The van der Waals surface area contributed by atoms with Crippen LogP contribution in [0.3, 0.4) is 0 Å². The van der Waals surface area contributed by atoms with Crippen molar-refractivity contribution >= 4 is 29.0 Å². The van der Waals surface area contributed by atoms with Gasteiger partial charge in [-0.3, -0.25) is 4.79 Å². The zero-order valence-corrected chi connectivity index (χ0v) is 16.1. The summed E-state index contributed by atoms with van der Waals surface area (Å²) in [6, 6.07) is 2.60. The van der Waals surface area contributed by atoms with E-state index in [1.165, 1.54) is 0 Å². The Morgan fingerprint density at radius 2 is 1.90 bits per heavy atom. The van der Waals surface area contributed by atoms with Crippen LogP contribution in [-0.4, -0.2) is 56.6 Å². The summed E-state index contributed by atoms with van der Waals surface area (Å²) in [5.41, 5.74) is 0.634. The predicted octanol–water partition coefficient (Wildman–Crippen LogP) is 3.07. The van der Waals surface area contributed by atoms with Gasteiger partial charge >= 0.3 is 6.18 Å². The molecule has 1 fully saturated rings. The Balaban J connectivity index is 1.50. The Labute approximate surface area is 168 Å². The average Bonchev–Trinajstić information content (AvgIpc) is 3.02. The standard InChI is InChI=1S/C18H16ClF3N6O/c1-11-14(16-23-3-2-4-28(16)25-11)17(29)27-7-5-26(6-8-27)15-13(19)9-12(10-24-15)18(20,21)22/h2-4,9-10H,5-8H2,1H3. The third-order valence-corrected chi connectivity index (χ3v) is 5.08. The largest absolute Gasteiger partial charge is 0.417 e. The lowest BCUT2D eigenvalue weighted by Gasteiger charge is -2.35. The van der Waals surface area contributed by atoms with E-state index in [-0.39, 0.29) is 16.7 Å². The molecule has 3 aromatic heterocycles. The van der Waals surface area contributed by atoms with Crippen molar-refractivity contribution in [3.63, 3.8) is 0 Å². The molecule has 152 valence electrons. The van der Waals surface area contributed by atoms with E-state index in [1.807, 2.05) is 0 Å². The van der Waals surface area contributed by atoms with E-state index in [2.05, 4.69) is 15.1 Å². The summed E-state index contributed by atoms with van der Waals surface area (Å²) in [6.07, 6.45) is -0.404. The molecule has 0 atom stereocenters. The number of rotatable bonds is 2. The number of pyridine rings is 1. The Morgan fingerprint density at radius 1 is 1.17 bits per heavy atom. The van der Waals surface area contributed by atoms with Crippen molar-refractivity contribution in [2.24, 2.45) is 0 Å². The summed E-state index contributed by atoms with van der Waals surface area (Å²) in [7, 11) is 0. The van der Waals surface area contributed by atoms with Crippen LogP contribution in [0.25, 0.3) is 5.65 Å². The minimum Gasteiger partial charge on any atom is -0.352 e. The zero-order valence-electron chi connectivity index (χ0n) is 15.3. The first-order valence-corrected chi connectivity index (χ1v) is 9.20. The van der Waals surface area contributed by atoms with Crippen LogP contribution in [0.5, 0.6) is 0 Å². The third-order valence-electron chi connectivity index (χ3n) is 4.80. The van der Waals surface area contributed by atoms with Crippen LogP contribution in [0, 0.1) is 6.92 Å². The number of piperazine rings is 1. The van der Waals surface area contributed by atoms with Crippen LogP contribution < -0.4 is 4.90 Å². The molecule has 1 aliphatic rings. The number of hydrogen-bond donors (Lipinski definition) is 0. The highest BCUT2D eigenvalue weighted by Crippen LogP contribution is 2.33. The maximum absolute atomic E-state index is 13.0. The molecule has 0 aliphatic carbocycles. The fourth-order valence-electron chi connectivity index (χ4n) is 3.34. The number of carbonyl (C=O) groups is 1. The first kappa shape index (κ1) is 19.4. The van der Waals surface area contributed by atoms with Gasteiger partial charge in [-0.15, -0.1) is 0 Å². The number of alkyl halides is 3. The molecule has 1 saturated heterocycles. The van der Waals surface area contributed by atoms with Crippen molar-refractivity contribution in [1.29, 1.82) is 0 Å². The van der Waals surface area contributed by atoms with Gasteiger partial charge in [0.25, 0.3) is 5.91 Å². The number of fused-ring (bicyclic) bond motifs is 1. The number of carbonyl (C=O) groups excluding carboxylic acids is 1. The predicted molar refractivity (Wildman–Crippen MR) is 100 cm³/mol. The first-order chi connectivity index (χ1) is 13.8. The van der Waals surface area contributed by atoms with E-state index < -0.39 is 11.7 Å². The first-order valence-electron chi connectivity index (χ1n) is 8.82. The van der Waals surface area contributed by atoms with Crippen LogP contribution in [0.2, 0.25) is 5.02 Å². The Bertz CT molecular complexity index is 1080. The Kier molecular flexibility index (Phi) is 4.81. The lowest BCUT2D eigenvalue weighted by Crippen LogP contribution is -2.49. The molecule has 0 radical (unpaired) electrons. The molecule has 4 rings (SSSR count). The third kappa shape index (κ3) is 3.59. The van der Waals surface area contributed by atoms with Gasteiger partial charge in [0.1, 0.15) is 11.4 Å². The highest BCUT2D eigenvalue weighted by atomic mass is 35.5. The average molecular weight is 425 g/mol. The molecule has 4 heterocycles. The summed E-state index contributed by atoms with van der Waals surface area (Å²) in [5, 5.41) is 4.24. The zero-order chi connectivity index (χ0) is 20.8. The van der Waals surface area contributed by atoms with Gasteiger partial charge in [0.15, 0.2) is 5.65 Å². The molecule has 0 aromatic carbocycles. The lowest BCUT2D eigenvalue weighted by atomic mass is 10.2. The molecule has 0 saturated carbocycles. The molecule has 11 heteroatoms. The van der Waals surface area contributed by atoms with Crippen molar-refractivity contribution in [3.05, 3.63) is 52.6 Å². The molecule has 0 bridgehead atoms. The van der Waals surface area contributed by atoms with Crippen molar-refractivity contribution in [2.75, 3.05) is 31.1 Å². The quantitative estimate of drug-likeness (QED) is 0.632. The fourth-order valence-corrected chi connectivity index (χ4v) is 3.63. The van der Waals surface area contributed by atoms with E-state index in [0.717, 1.165) is 12.3 Å². The van der Waals surface area contributed by atoms with Crippen molar-refractivity contribution < 1.29 is 18.0 Å². The topological polar surface area (TPSA) is 66.6 Å². The minimum atomic E-state index is -4.50. The molecule has 0 unspecified atom stereocenters. The van der Waals surface area contributed by atoms with E-state index >= 15 is 0 Å². The number of hydrogen-bond acceptors (Lipinski definition) is 5. The van der Waals surface area contributed by atoms with Gasteiger partial charge < -0.3 is 9.80 Å². The number of aryl methyl sites for hydroxylation is 1. The van der Waals surface area contributed by atoms with Gasteiger partial charge in [0.05, 0.1) is 16.3 Å². The Morgan fingerprint density at radius 3 is 2.55 bits per heavy atom. The second-order valence-electron chi connectivity index (χ2n) is 6.65. The SMILES string of the molecule is Cc1nn2cccnc2c1C(=O)N1CCN(c2ncc(C(F)(F)F)cc2Cl)CC1. The summed E-state index contributed by atoms with van der Waals surface area (Å²) in [6.45, 7) is 3.30. The van der Waals surface area contributed by atoms with E-state index in [4.69, 9.17) is 11.6 Å². The monoisotopic (exact) mass is 424 g/mol. The summed E-state index contributed by atoms with van der Waals surface area (Å²) in [4.78, 5) is 24.6. The van der Waals surface area contributed by atoms with Crippen molar-refractivity contribution in [3.8, 4) is 0 Å². The molecule has 7 nitrogen and oxygen atoms in total. The van der Waals surface area contributed by atoms with Gasteiger partial charge in [-0.1, -0.05) is 11.6 Å². The number of halogens is 4. The number of aromatic nitrogens is 4. The van der Waals surface area contributed by atoms with Crippen molar-refractivity contribution in [2.45, 2.75) is 13.1 Å². The smallest absolute Gasteiger partial charge is 0.352 e. The van der Waals surface area contributed by atoms with Gasteiger partial charge in [0, 0.05) is 44.8 Å². The van der Waals surface area contributed by atoms with Crippen molar-refractivity contribution in [1.82, 2.24) is 24.5 Å². The Hall–Kier alpha value is -2.88. The van der Waals surface area contributed by atoms with Crippen LogP contribution in [-0.2, 0) is 6.18 Å². The lowest BCUT2D eigenvalue weighted by molar-refractivity contribution is -0.137. The van der Waals surface area contributed by atoms with Gasteiger partial charge in [0.2, 0.25) is 0 Å². The van der Waals surface area contributed by atoms with Crippen LogP contribution >= 0.6 is 11.6 Å². The molecular formula is C18H16ClF3N6O. The minimum absolute atomic E-state index is 0.0673. The molecule has 29 heavy (non-hydrogen) atoms. The van der Waals surface area contributed by atoms with E-state index in [0.29, 0.717) is 43.1 Å².